The van der Waals surface area contributed by atoms with Gasteiger partial charge in [0.05, 0.1) is 11.0 Å². The van der Waals surface area contributed by atoms with E-state index in [1.807, 2.05) is 51.1 Å². The molecule has 2 rings (SSSR count). The van der Waals surface area contributed by atoms with Crippen molar-refractivity contribution in [2.45, 2.75) is 73.1 Å². The molecule has 0 aliphatic rings. The van der Waals surface area contributed by atoms with Gasteiger partial charge in [0.1, 0.15) is 5.82 Å². The maximum absolute atomic E-state index is 13.0. The Morgan fingerprint density at radius 3 is 2.44 bits per heavy atom. The molecule has 43 heavy (non-hydrogen) atoms. The summed E-state index contributed by atoms with van der Waals surface area (Å²) in [5.41, 5.74) is 5.74. The first-order valence-corrected chi connectivity index (χ1v) is 15.3. The number of carboxylic acids is 1. The van der Waals surface area contributed by atoms with E-state index in [1.54, 1.807) is 24.3 Å². The Morgan fingerprint density at radius 1 is 1.12 bits per heavy atom. The number of ketones is 1. The number of carbonyl (C=O) groups excluding carboxylic acids is 1. The van der Waals surface area contributed by atoms with Crippen LogP contribution < -0.4 is 0 Å². The van der Waals surface area contributed by atoms with E-state index < -0.39 is 5.97 Å². The molecule has 2 aromatic rings. The molecule has 0 amide bonds. The number of allylic oxidation sites excluding steroid dienone is 12. The molecule has 1 heterocycles. The van der Waals surface area contributed by atoms with E-state index in [0.29, 0.717) is 40.5 Å². The van der Waals surface area contributed by atoms with Gasteiger partial charge in [-0.25, -0.2) is 9.78 Å². The number of carbonyl (C=O) groups is 2. The van der Waals surface area contributed by atoms with E-state index in [4.69, 9.17) is 16.6 Å². The van der Waals surface area contributed by atoms with Crippen molar-refractivity contribution in [3.63, 3.8) is 0 Å². The summed E-state index contributed by atoms with van der Waals surface area (Å²) in [7, 11) is 0. The number of imidazole rings is 1. The number of Topliss-reactive ketones (excluding diaryl/α,β-unsaturated/α-hetero) is 1. The predicted octanol–water partition coefficient (Wildman–Crippen LogP) is 10.4. The molecular formula is C37H47ClN2O3. The fourth-order valence-corrected chi connectivity index (χ4v) is 4.41. The van der Waals surface area contributed by atoms with Gasteiger partial charge in [0.15, 0.2) is 5.78 Å². The van der Waals surface area contributed by atoms with Gasteiger partial charge in [0.25, 0.3) is 0 Å². The van der Waals surface area contributed by atoms with Crippen LogP contribution in [0, 0.1) is 5.92 Å². The molecular weight excluding hydrogens is 556 g/mol. The van der Waals surface area contributed by atoms with Gasteiger partial charge >= 0.3 is 5.97 Å². The zero-order valence-electron chi connectivity index (χ0n) is 26.5. The molecule has 0 saturated carbocycles. The molecule has 1 aromatic heterocycles. The first-order valence-electron chi connectivity index (χ1n) is 14.9. The minimum Gasteiger partial charge on any atom is -0.478 e. The predicted molar refractivity (Wildman–Crippen MR) is 184 cm³/mol. The number of benzene rings is 1. The van der Waals surface area contributed by atoms with Crippen molar-refractivity contribution in [1.29, 1.82) is 0 Å². The SMILES string of the molecule is C=C(/C=C\C(=C\C(=O)O)C(=C)/C(=C\C=C\Cl)c1nc2ccc(C(C)C)cc2[nH]1)C(=O)C[C@@H](C/C=C\C=C/C)CCC.CC. The van der Waals surface area contributed by atoms with E-state index in [0.717, 1.165) is 36.4 Å². The van der Waals surface area contributed by atoms with Crippen LogP contribution in [0.1, 0.15) is 84.5 Å². The average molecular weight is 603 g/mol. The van der Waals surface area contributed by atoms with Crippen molar-refractivity contribution >= 4 is 40.0 Å². The summed E-state index contributed by atoms with van der Waals surface area (Å²) in [5.74, 6) is -0.123. The Kier molecular flexibility index (Phi) is 17.3. The van der Waals surface area contributed by atoms with Gasteiger partial charge in [0.2, 0.25) is 0 Å². The smallest absolute Gasteiger partial charge is 0.328 e. The van der Waals surface area contributed by atoms with E-state index in [9.17, 15) is 14.7 Å². The normalized spacial score (nSPS) is 13.4. The summed E-state index contributed by atoms with van der Waals surface area (Å²) in [5, 5.41) is 9.60. The topological polar surface area (TPSA) is 83.0 Å². The number of aliphatic carboxylic acids is 1. The van der Waals surface area contributed by atoms with Crippen molar-refractivity contribution in [2.75, 3.05) is 0 Å². The lowest BCUT2D eigenvalue weighted by Gasteiger charge is -2.13. The molecule has 5 nitrogen and oxygen atoms in total. The summed E-state index contributed by atoms with van der Waals surface area (Å²) in [4.78, 5) is 32.8. The highest BCUT2D eigenvalue weighted by atomic mass is 35.5. The Hall–Kier alpha value is -3.96. The number of hydrogen-bond acceptors (Lipinski definition) is 3. The van der Waals surface area contributed by atoms with Crippen LogP contribution in [0.4, 0.5) is 0 Å². The highest BCUT2D eigenvalue weighted by Gasteiger charge is 2.17. The lowest BCUT2D eigenvalue weighted by Crippen LogP contribution is -2.09. The number of fused-ring (bicyclic) bond motifs is 1. The number of hydrogen-bond donors (Lipinski definition) is 2. The first kappa shape index (κ1) is 37.1. The second-order valence-electron chi connectivity index (χ2n) is 10.2. The quantitative estimate of drug-likeness (QED) is 0.148. The van der Waals surface area contributed by atoms with Crippen LogP contribution in [0.15, 0.2) is 108 Å². The standard InChI is InChI=1S/C35H41ClN2O3.C2H6/c1-7-9-10-11-14-27(13-8-2)21-33(39)25(5)16-17-29(23-34(40)41)26(6)30(15-12-20-36)35-37-31-19-18-28(24(3)4)22-32(31)38-35;1-2/h7,9-12,15-20,22-24,27H,5-6,8,13-14,21H2,1-4H3,(H,37,38)(H,40,41);1-2H3/b9-7-,11-10-,17-16-,20-12+,29-23-,30-15+;/t27-;/m1./s1. The summed E-state index contributed by atoms with van der Waals surface area (Å²) in [6, 6.07) is 6.05. The van der Waals surface area contributed by atoms with Crippen LogP contribution in [0.25, 0.3) is 16.6 Å². The molecule has 0 saturated heterocycles. The van der Waals surface area contributed by atoms with Crippen molar-refractivity contribution in [2.24, 2.45) is 5.92 Å². The Morgan fingerprint density at radius 2 is 1.84 bits per heavy atom. The molecule has 230 valence electrons. The highest BCUT2D eigenvalue weighted by molar-refractivity contribution is 6.25. The molecule has 1 atom stereocenters. The summed E-state index contributed by atoms with van der Waals surface area (Å²) in [6.45, 7) is 20.4. The van der Waals surface area contributed by atoms with Crippen LogP contribution in [-0.4, -0.2) is 26.8 Å². The third-order valence-electron chi connectivity index (χ3n) is 6.62. The number of H-pyrrole nitrogens is 1. The number of aromatic nitrogens is 2. The number of nitrogens with one attached hydrogen (secondary N) is 1. The van der Waals surface area contributed by atoms with E-state index in [-0.39, 0.29) is 11.7 Å². The third kappa shape index (κ3) is 12.4. The second kappa shape index (κ2) is 20.0. The molecule has 0 spiro atoms. The molecule has 0 aliphatic carbocycles. The molecule has 6 heteroatoms. The second-order valence-corrected chi connectivity index (χ2v) is 10.4. The van der Waals surface area contributed by atoms with Gasteiger partial charge in [0, 0.05) is 29.2 Å². The van der Waals surface area contributed by atoms with Gasteiger partial charge in [-0.15, -0.1) is 0 Å². The van der Waals surface area contributed by atoms with Crippen molar-refractivity contribution in [3.05, 3.63) is 120 Å². The van der Waals surface area contributed by atoms with E-state index >= 15 is 0 Å². The van der Waals surface area contributed by atoms with Gasteiger partial charge in [-0.2, -0.15) is 0 Å². The maximum atomic E-state index is 13.0. The highest BCUT2D eigenvalue weighted by Crippen LogP contribution is 2.30. The molecule has 0 bridgehead atoms. The lowest BCUT2D eigenvalue weighted by atomic mass is 9.91. The summed E-state index contributed by atoms with van der Waals surface area (Å²) in [6.07, 6.45) is 18.6. The molecule has 0 radical (unpaired) electrons. The number of rotatable bonds is 16. The maximum Gasteiger partial charge on any atom is 0.328 e. The van der Waals surface area contributed by atoms with E-state index in [1.165, 1.54) is 11.1 Å². The Bertz CT molecular complexity index is 1430. The van der Waals surface area contributed by atoms with Gasteiger partial charge < -0.3 is 10.1 Å². The first-order chi connectivity index (χ1) is 20.6. The van der Waals surface area contributed by atoms with Crippen LogP contribution >= 0.6 is 11.6 Å². The minimum atomic E-state index is -1.14. The summed E-state index contributed by atoms with van der Waals surface area (Å²) < 4.78 is 0. The average Bonchev–Trinajstić information content (AvgIpc) is 3.41. The van der Waals surface area contributed by atoms with Crippen molar-refractivity contribution in [3.8, 4) is 0 Å². The molecule has 0 unspecified atom stereocenters. The zero-order valence-corrected chi connectivity index (χ0v) is 27.2. The van der Waals surface area contributed by atoms with Crippen LogP contribution in [0.5, 0.6) is 0 Å². The van der Waals surface area contributed by atoms with Crippen molar-refractivity contribution in [1.82, 2.24) is 9.97 Å². The number of aromatic amines is 1. The number of carboxylic acid groups (broad SMARTS) is 1. The number of nitrogens with zero attached hydrogens (tertiary/aromatic N) is 1. The zero-order chi connectivity index (χ0) is 32.4. The Balaban J connectivity index is 0.00000452. The van der Waals surface area contributed by atoms with E-state index in [2.05, 4.69) is 51.1 Å². The largest absolute Gasteiger partial charge is 0.478 e. The van der Waals surface area contributed by atoms with Gasteiger partial charge in [-0.05, 0) is 66.5 Å². The monoisotopic (exact) mass is 602 g/mol. The fourth-order valence-electron chi connectivity index (χ4n) is 4.34. The third-order valence-corrected chi connectivity index (χ3v) is 6.76. The minimum absolute atomic E-state index is 0.0708. The fraction of sp³-hybridized carbons (Fsp3) is 0.324. The molecule has 0 fully saturated rings. The summed E-state index contributed by atoms with van der Waals surface area (Å²) >= 11 is 5.82. The van der Waals surface area contributed by atoms with Crippen LogP contribution in [0.3, 0.4) is 0 Å². The van der Waals surface area contributed by atoms with Crippen molar-refractivity contribution < 1.29 is 14.7 Å². The molecule has 2 N–H and O–H groups in total. The van der Waals surface area contributed by atoms with Gasteiger partial charge in [-0.3, -0.25) is 4.79 Å². The van der Waals surface area contributed by atoms with Gasteiger partial charge in [-0.1, -0.05) is 114 Å². The van der Waals surface area contributed by atoms with Crippen LogP contribution in [-0.2, 0) is 9.59 Å². The molecule has 0 aliphatic heterocycles. The van der Waals surface area contributed by atoms with Crippen LogP contribution in [0.2, 0.25) is 0 Å². The number of halogens is 1. The lowest BCUT2D eigenvalue weighted by molar-refractivity contribution is -0.131. The Labute approximate surface area is 262 Å². The molecule has 1 aromatic carbocycles.